The van der Waals surface area contributed by atoms with E-state index in [0.29, 0.717) is 6.54 Å². The molecule has 0 amide bonds. The first kappa shape index (κ1) is 12.6. The van der Waals surface area contributed by atoms with E-state index in [0.717, 1.165) is 36.1 Å². The van der Waals surface area contributed by atoms with Crippen molar-refractivity contribution in [3.63, 3.8) is 0 Å². The van der Waals surface area contributed by atoms with Crippen molar-refractivity contribution in [3.05, 3.63) is 30.1 Å². The molecule has 1 unspecified atom stereocenters. The summed E-state index contributed by atoms with van der Waals surface area (Å²) in [6.45, 7) is 2.75. The molecule has 0 saturated heterocycles. The highest BCUT2D eigenvalue weighted by molar-refractivity contribution is 5.75. The van der Waals surface area contributed by atoms with Crippen molar-refractivity contribution < 1.29 is 5.11 Å². The summed E-state index contributed by atoms with van der Waals surface area (Å²) < 4.78 is 2.12. The van der Waals surface area contributed by atoms with Crippen molar-refractivity contribution in [2.24, 2.45) is 7.05 Å². The lowest BCUT2D eigenvalue weighted by Gasteiger charge is -2.37. The molecule has 0 spiro atoms. The molecule has 3 rings (SSSR count). The third-order valence-corrected chi connectivity index (χ3v) is 4.23. The molecule has 1 aromatic heterocycles. The molecule has 1 aromatic carbocycles. The van der Waals surface area contributed by atoms with Crippen LogP contribution in [-0.4, -0.2) is 26.8 Å². The lowest BCUT2D eigenvalue weighted by Crippen LogP contribution is -2.46. The Labute approximate surface area is 113 Å². The molecule has 2 N–H and O–H groups in total. The number of imidazole rings is 1. The normalized spacial score (nSPS) is 19.3. The van der Waals surface area contributed by atoms with Crippen molar-refractivity contribution in [1.29, 1.82) is 0 Å². The van der Waals surface area contributed by atoms with Crippen LogP contribution in [0.2, 0.25) is 0 Å². The fourth-order valence-corrected chi connectivity index (χ4v) is 2.75. The maximum absolute atomic E-state index is 10.1. The van der Waals surface area contributed by atoms with Crippen molar-refractivity contribution in [2.75, 3.05) is 6.54 Å². The van der Waals surface area contributed by atoms with Gasteiger partial charge in [-0.2, -0.15) is 0 Å². The van der Waals surface area contributed by atoms with Gasteiger partial charge < -0.3 is 15.0 Å². The summed E-state index contributed by atoms with van der Waals surface area (Å²) in [5.74, 6) is 1.02. The van der Waals surface area contributed by atoms with Crippen molar-refractivity contribution in [3.8, 4) is 0 Å². The van der Waals surface area contributed by atoms with Gasteiger partial charge in [-0.1, -0.05) is 12.1 Å². The van der Waals surface area contributed by atoms with Gasteiger partial charge in [-0.05, 0) is 38.3 Å². The van der Waals surface area contributed by atoms with Crippen molar-refractivity contribution in [2.45, 2.75) is 37.8 Å². The largest absolute Gasteiger partial charge is 0.389 e. The monoisotopic (exact) mass is 259 g/mol. The molecule has 0 aliphatic heterocycles. The van der Waals surface area contributed by atoms with Gasteiger partial charge in [0.2, 0.25) is 0 Å². The Morgan fingerprint density at radius 1 is 1.42 bits per heavy atom. The number of fused-ring (bicyclic) bond motifs is 1. The first-order valence-electron chi connectivity index (χ1n) is 6.96. The van der Waals surface area contributed by atoms with Crippen LogP contribution in [0.5, 0.6) is 0 Å². The maximum Gasteiger partial charge on any atom is 0.126 e. The fraction of sp³-hybridized carbons (Fsp3) is 0.533. The second kappa shape index (κ2) is 4.62. The Morgan fingerprint density at radius 3 is 2.79 bits per heavy atom. The first-order valence-corrected chi connectivity index (χ1v) is 6.96. The standard InChI is InChI=1S/C15H21N3O/c1-11(16-10-15(19)8-5-9-15)14-17-12-6-3-4-7-13(12)18(14)2/h3-4,6-7,11,16,19H,5,8-10H2,1-2H3. The number of hydrogen-bond donors (Lipinski definition) is 2. The quantitative estimate of drug-likeness (QED) is 0.884. The van der Waals surface area contributed by atoms with E-state index >= 15 is 0 Å². The summed E-state index contributed by atoms with van der Waals surface area (Å²) in [5.41, 5.74) is 1.68. The predicted molar refractivity (Wildman–Crippen MR) is 75.9 cm³/mol. The van der Waals surface area contributed by atoms with Crippen LogP contribution in [-0.2, 0) is 7.05 Å². The van der Waals surface area contributed by atoms with Crippen molar-refractivity contribution >= 4 is 11.0 Å². The molecule has 1 saturated carbocycles. The molecule has 1 fully saturated rings. The Morgan fingerprint density at radius 2 is 2.16 bits per heavy atom. The lowest BCUT2D eigenvalue weighted by molar-refractivity contribution is -0.0331. The van der Waals surface area contributed by atoms with E-state index in [9.17, 15) is 5.11 Å². The summed E-state index contributed by atoms with van der Waals surface area (Å²) in [5, 5.41) is 13.5. The molecule has 0 bridgehead atoms. The first-order chi connectivity index (χ1) is 9.09. The van der Waals surface area contributed by atoms with E-state index in [-0.39, 0.29) is 6.04 Å². The van der Waals surface area contributed by atoms with Crippen LogP contribution in [0.25, 0.3) is 11.0 Å². The predicted octanol–water partition coefficient (Wildman–Crippen LogP) is 2.14. The van der Waals surface area contributed by atoms with E-state index in [4.69, 9.17) is 0 Å². The van der Waals surface area contributed by atoms with Gasteiger partial charge >= 0.3 is 0 Å². The number of rotatable bonds is 4. The number of hydrogen-bond acceptors (Lipinski definition) is 3. The molecule has 2 aromatic rings. The van der Waals surface area contributed by atoms with Crippen LogP contribution in [0.1, 0.15) is 38.1 Å². The molecule has 1 atom stereocenters. The molecule has 1 aliphatic rings. The Balaban J connectivity index is 1.77. The van der Waals surface area contributed by atoms with Crippen LogP contribution in [0.3, 0.4) is 0 Å². The zero-order valence-corrected chi connectivity index (χ0v) is 11.6. The number of aromatic nitrogens is 2. The summed E-state index contributed by atoms with van der Waals surface area (Å²) >= 11 is 0. The molecular weight excluding hydrogens is 238 g/mol. The second-order valence-electron chi connectivity index (χ2n) is 5.70. The van der Waals surface area contributed by atoms with Gasteiger partial charge in [0.05, 0.1) is 22.7 Å². The van der Waals surface area contributed by atoms with Crippen molar-refractivity contribution in [1.82, 2.24) is 14.9 Å². The van der Waals surface area contributed by atoms with E-state index in [1.54, 1.807) is 0 Å². The number of aliphatic hydroxyl groups is 1. The summed E-state index contributed by atoms with van der Waals surface area (Å²) in [6.07, 6.45) is 2.96. The molecule has 4 nitrogen and oxygen atoms in total. The second-order valence-corrected chi connectivity index (χ2v) is 5.70. The lowest BCUT2D eigenvalue weighted by atomic mass is 9.80. The zero-order valence-electron chi connectivity index (χ0n) is 11.6. The Hall–Kier alpha value is -1.39. The highest BCUT2D eigenvalue weighted by Gasteiger charge is 2.34. The number of aryl methyl sites for hydroxylation is 1. The van der Waals surface area contributed by atoms with Gasteiger partial charge in [0.1, 0.15) is 5.82 Å². The topological polar surface area (TPSA) is 50.1 Å². The van der Waals surface area contributed by atoms with Gasteiger partial charge in [0.25, 0.3) is 0 Å². The Bertz CT molecular complexity index is 586. The van der Waals surface area contributed by atoms with Gasteiger partial charge in [0, 0.05) is 13.6 Å². The molecule has 1 heterocycles. The molecule has 102 valence electrons. The van der Waals surface area contributed by atoms with Crippen LogP contribution < -0.4 is 5.32 Å². The number of nitrogens with zero attached hydrogens (tertiary/aromatic N) is 2. The molecule has 4 heteroatoms. The van der Waals surface area contributed by atoms with E-state index in [1.165, 1.54) is 0 Å². The van der Waals surface area contributed by atoms with Crippen LogP contribution in [0.15, 0.2) is 24.3 Å². The molecule has 0 radical (unpaired) electrons. The minimum absolute atomic E-state index is 0.141. The minimum Gasteiger partial charge on any atom is -0.389 e. The number of para-hydroxylation sites is 2. The van der Waals surface area contributed by atoms with Gasteiger partial charge in [-0.3, -0.25) is 0 Å². The summed E-state index contributed by atoms with van der Waals surface area (Å²) in [4.78, 5) is 4.68. The third-order valence-electron chi connectivity index (χ3n) is 4.23. The number of benzene rings is 1. The van der Waals surface area contributed by atoms with Gasteiger partial charge in [-0.15, -0.1) is 0 Å². The van der Waals surface area contributed by atoms with E-state index in [1.807, 2.05) is 25.2 Å². The smallest absolute Gasteiger partial charge is 0.126 e. The van der Waals surface area contributed by atoms with Gasteiger partial charge in [0.15, 0.2) is 0 Å². The third kappa shape index (κ3) is 2.26. The van der Waals surface area contributed by atoms with Crippen LogP contribution in [0, 0.1) is 0 Å². The average molecular weight is 259 g/mol. The van der Waals surface area contributed by atoms with Gasteiger partial charge in [-0.25, -0.2) is 4.98 Å². The zero-order chi connectivity index (χ0) is 13.5. The minimum atomic E-state index is -0.487. The SMILES string of the molecule is CC(NCC1(O)CCC1)c1nc2ccccc2n1C. The summed E-state index contributed by atoms with van der Waals surface area (Å²) in [7, 11) is 2.04. The van der Waals surface area contributed by atoms with Crippen LogP contribution in [0.4, 0.5) is 0 Å². The fourth-order valence-electron chi connectivity index (χ4n) is 2.75. The maximum atomic E-state index is 10.1. The highest BCUT2D eigenvalue weighted by atomic mass is 16.3. The van der Waals surface area contributed by atoms with E-state index in [2.05, 4.69) is 27.9 Å². The summed E-state index contributed by atoms with van der Waals surface area (Å²) in [6, 6.07) is 8.29. The average Bonchev–Trinajstić information content (AvgIpc) is 2.72. The molecule has 19 heavy (non-hydrogen) atoms. The van der Waals surface area contributed by atoms with E-state index < -0.39 is 5.60 Å². The number of nitrogens with one attached hydrogen (secondary N) is 1. The highest BCUT2D eigenvalue weighted by Crippen LogP contribution is 2.31. The molecular formula is C15H21N3O. The molecule has 1 aliphatic carbocycles. The van der Waals surface area contributed by atoms with Crippen LogP contribution >= 0.6 is 0 Å². The Kier molecular flexibility index (Phi) is 3.07.